The molecular weight excluding hydrogens is 282 g/mol. The summed E-state index contributed by atoms with van der Waals surface area (Å²) in [5.41, 5.74) is 1.49. The number of nitrogens with zero attached hydrogens (tertiary/aromatic N) is 4. The molecule has 6 heteroatoms. The molecule has 0 saturated carbocycles. The Bertz CT molecular complexity index is 645. The van der Waals surface area contributed by atoms with E-state index < -0.39 is 0 Å². The third-order valence-electron chi connectivity index (χ3n) is 4.31. The first-order chi connectivity index (χ1) is 10.1. The maximum atomic E-state index is 5.25. The molecule has 0 amide bonds. The summed E-state index contributed by atoms with van der Waals surface area (Å²) in [6.07, 6.45) is 1.05. The number of piperidine rings is 1. The Labute approximate surface area is 130 Å². The molecule has 0 bridgehead atoms. The van der Waals surface area contributed by atoms with E-state index in [9.17, 15) is 0 Å². The minimum Gasteiger partial charge on any atom is -0.298 e. The van der Waals surface area contributed by atoms with Crippen LogP contribution in [0.4, 0.5) is 0 Å². The van der Waals surface area contributed by atoms with Crippen molar-refractivity contribution < 1.29 is 0 Å². The van der Waals surface area contributed by atoms with Gasteiger partial charge in [0.25, 0.3) is 0 Å². The third kappa shape index (κ3) is 3.06. The summed E-state index contributed by atoms with van der Waals surface area (Å²) in [4.78, 5) is 2.51. The van der Waals surface area contributed by atoms with E-state index in [-0.39, 0.29) is 5.41 Å². The van der Waals surface area contributed by atoms with Crippen LogP contribution >= 0.6 is 12.2 Å². The van der Waals surface area contributed by atoms with Crippen LogP contribution in [-0.4, -0.2) is 38.2 Å². The Balaban J connectivity index is 1.73. The van der Waals surface area contributed by atoms with E-state index in [1.54, 1.807) is 0 Å². The van der Waals surface area contributed by atoms with Crippen LogP contribution in [0, 0.1) is 10.2 Å². The Morgan fingerprint density at radius 1 is 1.33 bits per heavy atom. The smallest absolute Gasteiger partial charge is 0.238 e. The third-order valence-corrected chi connectivity index (χ3v) is 4.59. The molecule has 1 N–H and O–H groups in total. The van der Waals surface area contributed by atoms with Crippen molar-refractivity contribution in [2.45, 2.75) is 32.9 Å². The van der Waals surface area contributed by atoms with Gasteiger partial charge in [0, 0.05) is 25.0 Å². The van der Waals surface area contributed by atoms with E-state index in [0.717, 1.165) is 26.1 Å². The van der Waals surface area contributed by atoms with Crippen molar-refractivity contribution in [2.75, 3.05) is 13.1 Å². The van der Waals surface area contributed by atoms with Crippen LogP contribution in [-0.2, 0) is 6.54 Å². The van der Waals surface area contributed by atoms with Crippen LogP contribution in [0.15, 0.2) is 30.3 Å². The van der Waals surface area contributed by atoms with Gasteiger partial charge in [-0.1, -0.05) is 54.5 Å². The highest BCUT2D eigenvalue weighted by Crippen LogP contribution is 2.38. The van der Waals surface area contributed by atoms with Crippen LogP contribution in [0.1, 0.15) is 31.9 Å². The summed E-state index contributed by atoms with van der Waals surface area (Å²) in [5, 5.41) is 10.7. The molecule has 1 aliphatic heterocycles. The molecule has 1 aliphatic rings. The molecule has 1 saturated heterocycles. The average molecular weight is 303 g/mol. The zero-order valence-corrected chi connectivity index (χ0v) is 13.3. The highest BCUT2D eigenvalue weighted by Gasteiger charge is 2.37. The largest absolute Gasteiger partial charge is 0.298 e. The Morgan fingerprint density at radius 2 is 2.10 bits per heavy atom. The Kier molecular flexibility index (Phi) is 3.91. The summed E-state index contributed by atoms with van der Waals surface area (Å²) >= 11 is 5.25. The molecule has 1 atom stereocenters. The molecular formula is C15H21N5S. The van der Waals surface area contributed by atoms with Gasteiger partial charge in [0.05, 0.1) is 6.04 Å². The SMILES string of the molecule is CC1(C)CN(Cc2ccccc2)CCC1n1[nH]nnc1=S. The first kappa shape index (κ1) is 14.4. The number of hydrogen-bond acceptors (Lipinski definition) is 4. The fourth-order valence-electron chi connectivity index (χ4n) is 3.32. The molecule has 2 aromatic rings. The molecule has 1 unspecified atom stereocenters. The number of aromatic amines is 1. The summed E-state index contributed by atoms with van der Waals surface area (Å²) in [6, 6.07) is 11.0. The lowest BCUT2D eigenvalue weighted by Crippen LogP contribution is -2.46. The van der Waals surface area contributed by atoms with Gasteiger partial charge in [0.2, 0.25) is 4.77 Å². The molecule has 112 valence electrons. The van der Waals surface area contributed by atoms with Crippen LogP contribution in [0.5, 0.6) is 0 Å². The van der Waals surface area contributed by atoms with Crippen molar-refractivity contribution in [1.29, 1.82) is 0 Å². The van der Waals surface area contributed by atoms with Gasteiger partial charge >= 0.3 is 0 Å². The van der Waals surface area contributed by atoms with Crippen molar-refractivity contribution in [3.05, 3.63) is 40.7 Å². The number of H-pyrrole nitrogens is 1. The van der Waals surface area contributed by atoms with Gasteiger partial charge in [-0.2, -0.15) is 5.21 Å². The molecule has 0 radical (unpaired) electrons. The van der Waals surface area contributed by atoms with E-state index in [0.29, 0.717) is 10.8 Å². The number of tetrazole rings is 1. The number of rotatable bonds is 3. The van der Waals surface area contributed by atoms with Gasteiger partial charge in [-0.25, -0.2) is 4.68 Å². The highest BCUT2D eigenvalue weighted by molar-refractivity contribution is 7.71. The van der Waals surface area contributed by atoms with Crippen molar-refractivity contribution >= 4 is 12.2 Å². The molecule has 5 nitrogen and oxygen atoms in total. The lowest BCUT2D eigenvalue weighted by atomic mass is 9.79. The van der Waals surface area contributed by atoms with Gasteiger partial charge in [-0.15, -0.1) is 0 Å². The average Bonchev–Trinajstić information content (AvgIpc) is 2.85. The molecule has 2 heterocycles. The Morgan fingerprint density at radius 3 is 2.71 bits per heavy atom. The predicted octanol–water partition coefficient (Wildman–Crippen LogP) is 2.81. The van der Waals surface area contributed by atoms with Gasteiger partial charge in [-0.05, 0) is 24.2 Å². The number of aromatic nitrogens is 4. The van der Waals surface area contributed by atoms with Gasteiger partial charge < -0.3 is 0 Å². The fraction of sp³-hybridized carbons (Fsp3) is 0.533. The second-order valence-electron chi connectivity index (χ2n) is 6.44. The minimum absolute atomic E-state index is 0.124. The molecule has 1 fully saturated rings. The first-order valence-electron chi connectivity index (χ1n) is 7.32. The molecule has 21 heavy (non-hydrogen) atoms. The fourth-order valence-corrected chi connectivity index (χ4v) is 3.53. The summed E-state index contributed by atoms with van der Waals surface area (Å²) < 4.78 is 2.49. The number of likely N-dealkylation sites (tertiary alicyclic amines) is 1. The summed E-state index contributed by atoms with van der Waals surface area (Å²) in [6.45, 7) is 7.68. The quantitative estimate of drug-likeness (QED) is 0.886. The maximum absolute atomic E-state index is 5.25. The van der Waals surface area contributed by atoms with Gasteiger partial charge in [0.1, 0.15) is 0 Å². The van der Waals surface area contributed by atoms with E-state index >= 15 is 0 Å². The molecule has 0 aliphatic carbocycles. The molecule has 3 rings (SSSR count). The van der Waals surface area contributed by atoms with E-state index in [2.05, 4.69) is 64.6 Å². The topological polar surface area (TPSA) is 49.7 Å². The molecule has 0 spiro atoms. The number of benzene rings is 1. The van der Waals surface area contributed by atoms with Crippen LogP contribution in [0.2, 0.25) is 0 Å². The first-order valence-corrected chi connectivity index (χ1v) is 7.73. The lowest BCUT2D eigenvalue weighted by Gasteiger charge is -2.44. The minimum atomic E-state index is 0.124. The Hall–Kier alpha value is -1.53. The zero-order chi connectivity index (χ0) is 14.9. The maximum Gasteiger partial charge on any atom is 0.238 e. The summed E-state index contributed by atoms with van der Waals surface area (Å²) in [7, 11) is 0. The summed E-state index contributed by atoms with van der Waals surface area (Å²) in [5.74, 6) is 0. The standard InChI is InChI=1S/C15H21N5S/c1-15(2)11-19(10-12-6-4-3-5-7-12)9-8-13(15)20-14(21)16-17-18-20/h3-7,13H,8-11H2,1-2H3,(H,16,18,21). The van der Waals surface area contributed by atoms with Crippen molar-refractivity contribution in [1.82, 2.24) is 25.1 Å². The van der Waals surface area contributed by atoms with Crippen molar-refractivity contribution in [3.63, 3.8) is 0 Å². The second kappa shape index (κ2) is 5.69. The predicted molar refractivity (Wildman–Crippen MR) is 84.4 cm³/mol. The zero-order valence-electron chi connectivity index (χ0n) is 12.5. The van der Waals surface area contributed by atoms with Crippen LogP contribution in [0.25, 0.3) is 0 Å². The molecule has 1 aromatic heterocycles. The van der Waals surface area contributed by atoms with Crippen molar-refractivity contribution in [2.24, 2.45) is 5.41 Å². The van der Waals surface area contributed by atoms with Crippen LogP contribution < -0.4 is 0 Å². The molecule has 1 aromatic carbocycles. The monoisotopic (exact) mass is 303 g/mol. The van der Waals surface area contributed by atoms with Crippen molar-refractivity contribution in [3.8, 4) is 0 Å². The van der Waals surface area contributed by atoms with Gasteiger partial charge in [0.15, 0.2) is 0 Å². The van der Waals surface area contributed by atoms with E-state index in [4.69, 9.17) is 12.2 Å². The van der Waals surface area contributed by atoms with E-state index in [1.165, 1.54) is 5.56 Å². The second-order valence-corrected chi connectivity index (χ2v) is 6.81. The number of hydrogen-bond donors (Lipinski definition) is 1. The number of nitrogens with one attached hydrogen (secondary N) is 1. The highest BCUT2D eigenvalue weighted by atomic mass is 32.1. The van der Waals surface area contributed by atoms with Gasteiger partial charge in [-0.3, -0.25) is 4.90 Å². The normalized spacial score (nSPS) is 22.3. The lowest BCUT2D eigenvalue weighted by molar-refractivity contribution is 0.0488. The van der Waals surface area contributed by atoms with E-state index in [1.807, 2.05) is 4.68 Å². The van der Waals surface area contributed by atoms with Crippen LogP contribution in [0.3, 0.4) is 0 Å².